The van der Waals surface area contributed by atoms with Gasteiger partial charge in [0.1, 0.15) is 0 Å². The van der Waals surface area contributed by atoms with E-state index in [2.05, 4.69) is 20.6 Å². The van der Waals surface area contributed by atoms with Crippen molar-refractivity contribution in [3.63, 3.8) is 0 Å². The lowest BCUT2D eigenvalue weighted by molar-refractivity contribution is 0.0459. The van der Waals surface area contributed by atoms with Crippen LogP contribution in [0.25, 0.3) is 16.6 Å². The molecule has 1 aliphatic rings. The van der Waals surface area contributed by atoms with Gasteiger partial charge >= 0.3 is 0 Å². The molecule has 2 amide bonds. The molecule has 1 aliphatic heterocycles. The molecular formula is C32H31N5O3S. The SMILES string of the molecule is CCOC1CCN(c2ccc(C(=O)Nc3ccc4c(cnn4-c4ccc(NC(=O)c5cccs5)cc4)c3)cc2)CC1. The molecule has 2 N–H and O–H groups in total. The molecule has 0 radical (unpaired) electrons. The topological polar surface area (TPSA) is 88.5 Å². The van der Waals surface area contributed by atoms with E-state index in [0.717, 1.165) is 54.8 Å². The molecule has 9 heteroatoms. The van der Waals surface area contributed by atoms with Crippen LogP contribution >= 0.6 is 11.3 Å². The number of aromatic nitrogens is 2. The van der Waals surface area contributed by atoms with Crippen LogP contribution in [-0.2, 0) is 4.74 Å². The molecule has 3 aromatic carbocycles. The van der Waals surface area contributed by atoms with Crippen LogP contribution in [0.5, 0.6) is 0 Å². The van der Waals surface area contributed by atoms with E-state index in [1.807, 2.05) is 89.8 Å². The van der Waals surface area contributed by atoms with Gasteiger partial charge < -0.3 is 20.3 Å². The Kier molecular flexibility index (Phi) is 7.80. The molecule has 1 saturated heterocycles. The van der Waals surface area contributed by atoms with Gasteiger partial charge in [-0.25, -0.2) is 4.68 Å². The largest absolute Gasteiger partial charge is 0.378 e. The maximum atomic E-state index is 13.0. The first kappa shape index (κ1) is 26.7. The van der Waals surface area contributed by atoms with Crippen molar-refractivity contribution in [3.8, 4) is 5.69 Å². The third kappa shape index (κ3) is 6.01. The Bertz CT molecular complexity index is 1640. The zero-order valence-corrected chi connectivity index (χ0v) is 23.6. The number of nitrogens with zero attached hydrogens (tertiary/aromatic N) is 3. The van der Waals surface area contributed by atoms with E-state index in [4.69, 9.17) is 4.74 Å². The summed E-state index contributed by atoms with van der Waals surface area (Å²) in [6.07, 6.45) is 4.17. The van der Waals surface area contributed by atoms with Gasteiger partial charge in [-0.05, 0) is 97.9 Å². The van der Waals surface area contributed by atoms with Crippen LogP contribution in [0.4, 0.5) is 17.1 Å². The Hall–Kier alpha value is -4.47. The molecule has 0 aliphatic carbocycles. The summed E-state index contributed by atoms with van der Waals surface area (Å²) in [6, 6.07) is 24.7. The van der Waals surface area contributed by atoms with E-state index in [0.29, 0.717) is 27.9 Å². The summed E-state index contributed by atoms with van der Waals surface area (Å²) in [5.74, 6) is -0.278. The second-order valence-corrected chi connectivity index (χ2v) is 10.9. The first-order valence-electron chi connectivity index (χ1n) is 13.8. The molecule has 0 unspecified atom stereocenters. The summed E-state index contributed by atoms with van der Waals surface area (Å²) in [7, 11) is 0. The number of piperidine rings is 1. The smallest absolute Gasteiger partial charge is 0.265 e. The molecule has 0 saturated carbocycles. The number of hydrogen-bond donors (Lipinski definition) is 2. The number of nitrogens with one attached hydrogen (secondary N) is 2. The predicted octanol–water partition coefficient (Wildman–Crippen LogP) is 6.60. The Morgan fingerprint density at radius 1 is 0.902 bits per heavy atom. The predicted molar refractivity (Wildman–Crippen MR) is 165 cm³/mol. The standard InChI is InChI=1S/C32H31N5O3S/c1-2-40-28-15-17-36(18-16-28)26-10-5-22(6-11-26)31(38)35-25-9-14-29-23(20-25)21-33-37(29)27-12-7-24(8-13-27)34-32(39)30-4-3-19-41-30/h3-14,19-21,28H,2,15-18H2,1H3,(H,34,39)(H,35,38). The van der Waals surface area contributed by atoms with Gasteiger partial charge in [0.15, 0.2) is 0 Å². The average Bonchev–Trinajstić information content (AvgIpc) is 3.69. The van der Waals surface area contributed by atoms with Crippen molar-refractivity contribution in [2.45, 2.75) is 25.9 Å². The number of carbonyl (C=O) groups is 2. The fourth-order valence-corrected chi connectivity index (χ4v) is 5.77. The van der Waals surface area contributed by atoms with Gasteiger partial charge in [0.25, 0.3) is 11.8 Å². The third-order valence-corrected chi connectivity index (χ3v) is 8.15. The van der Waals surface area contributed by atoms with Crippen molar-refractivity contribution < 1.29 is 14.3 Å². The molecule has 1 fully saturated rings. The molecule has 0 atom stereocenters. The van der Waals surface area contributed by atoms with Crippen molar-refractivity contribution in [1.82, 2.24) is 9.78 Å². The van der Waals surface area contributed by atoms with Gasteiger partial charge in [0.05, 0.1) is 28.4 Å². The fourth-order valence-electron chi connectivity index (χ4n) is 5.15. The van der Waals surface area contributed by atoms with Crippen LogP contribution in [0.2, 0.25) is 0 Å². The zero-order chi connectivity index (χ0) is 28.2. The number of rotatable bonds is 8. The van der Waals surface area contributed by atoms with Gasteiger partial charge in [-0.15, -0.1) is 11.3 Å². The minimum atomic E-state index is -0.154. The normalized spacial score (nSPS) is 13.8. The van der Waals surface area contributed by atoms with E-state index in [9.17, 15) is 9.59 Å². The highest BCUT2D eigenvalue weighted by atomic mass is 32.1. The minimum Gasteiger partial charge on any atom is -0.378 e. The first-order chi connectivity index (χ1) is 20.1. The zero-order valence-electron chi connectivity index (χ0n) is 22.7. The lowest BCUT2D eigenvalue weighted by Crippen LogP contribution is -2.37. The highest BCUT2D eigenvalue weighted by molar-refractivity contribution is 7.12. The number of carbonyl (C=O) groups excluding carboxylic acids is 2. The monoisotopic (exact) mass is 565 g/mol. The molecule has 3 heterocycles. The number of anilines is 3. The Labute approximate surface area is 242 Å². The second kappa shape index (κ2) is 12.0. The highest BCUT2D eigenvalue weighted by Gasteiger charge is 2.20. The van der Waals surface area contributed by atoms with Crippen LogP contribution in [-0.4, -0.2) is 47.4 Å². The van der Waals surface area contributed by atoms with Gasteiger partial charge in [-0.2, -0.15) is 5.10 Å². The highest BCUT2D eigenvalue weighted by Crippen LogP contribution is 2.25. The molecule has 8 nitrogen and oxygen atoms in total. The number of benzene rings is 3. The summed E-state index contributed by atoms with van der Waals surface area (Å²) >= 11 is 1.41. The van der Waals surface area contributed by atoms with Crippen LogP contribution in [0.3, 0.4) is 0 Å². The third-order valence-electron chi connectivity index (χ3n) is 7.28. The molecular weight excluding hydrogens is 534 g/mol. The number of thiophene rings is 1. The van der Waals surface area contributed by atoms with Gasteiger partial charge in [-0.1, -0.05) is 6.07 Å². The molecule has 0 bridgehead atoms. The van der Waals surface area contributed by atoms with Gasteiger partial charge in [0.2, 0.25) is 0 Å². The Morgan fingerprint density at radius 2 is 1.61 bits per heavy atom. The van der Waals surface area contributed by atoms with Crippen LogP contribution in [0, 0.1) is 0 Å². The van der Waals surface area contributed by atoms with E-state index in [-0.39, 0.29) is 11.8 Å². The van der Waals surface area contributed by atoms with E-state index >= 15 is 0 Å². The summed E-state index contributed by atoms with van der Waals surface area (Å²) < 4.78 is 7.59. The average molecular weight is 566 g/mol. The lowest BCUT2D eigenvalue weighted by Gasteiger charge is -2.33. The molecule has 0 spiro atoms. The summed E-state index contributed by atoms with van der Waals surface area (Å²) in [5.41, 5.74) is 4.94. The van der Waals surface area contributed by atoms with Crippen molar-refractivity contribution in [1.29, 1.82) is 0 Å². The molecule has 41 heavy (non-hydrogen) atoms. The van der Waals surface area contributed by atoms with Crippen molar-refractivity contribution in [2.24, 2.45) is 0 Å². The van der Waals surface area contributed by atoms with Crippen molar-refractivity contribution in [3.05, 3.63) is 101 Å². The second-order valence-electron chi connectivity index (χ2n) is 9.95. The number of amides is 2. The van der Waals surface area contributed by atoms with Crippen LogP contribution in [0.15, 0.2) is 90.4 Å². The van der Waals surface area contributed by atoms with E-state index < -0.39 is 0 Å². The van der Waals surface area contributed by atoms with E-state index in [1.54, 1.807) is 12.3 Å². The molecule has 5 aromatic rings. The van der Waals surface area contributed by atoms with Crippen molar-refractivity contribution in [2.75, 3.05) is 35.2 Å². The van der Waals surface area contributed by atoms with Gasteiger partial charge in [0, 0.05) is 47.7 Å². The fraction of sp³-hybridized carbons (Fsp3) is 0.219. The summed E-state index contributed by atoms with van der Waals surface area (Å²) in [6.45, 7) is 4.72. The first-order valence-corrected chi connectivity index (χ1v) is 14.7. The van der Waals surface area contributed by atoms with E-state index in [1.165, 1.54) is 11.3 Å². The summed E-state index contributed by atoms with van der Waals surface area (Å²) in [5, 5.41) is 13.3. The van der Waals surface area contributed by atoms with Crippen molar-refractivity contribution >= 4 is 51.1 Å². The minimum absolute atomic E-state index is 0.124. The number of fused-ring (bicyclic) bond motifs is 1. The Morgan fingerprint density at radius 3 is 2.32 bits per heavy atom. The number of hydrogen-bond acceptors (Lipinski definition) is 6. The van der Waals surface area contributed by atoms with Crippen LogP contribution < -0.4 is 15.5 Å². The maximum absolute atomic E-state index is 13.0. The maximum Gasteiger partial charge on any atom is 0.265 e. The lowest BCUT2D eigenvalue weighted by atomic mass is 10.1. The molecule has 6 rings (SSSR count). The van der Waals surface area contributed by atoms with Gasteiger partial charge in [-0.3, -0.25) is 9.59 Å². The quantitative estimate of drug-likeness (QED) is 0.221. The summed E-state index contributed by atoms with van der Waals surface area (Å²) in [4.78, 5) is 28.3. The molecule has 208 valence electrons. The van der Waals surface area contributed by atoms with Crippen LogP contribution in [0.1, 0.15) is 39.8 Å². The Balaban J connectivity index is 1.09. The molecule has 2 aromatic heterocycles. The number of ether oxygens (including phenoxy) is 1.